The number of thioether (sulfide) groups is 1. The molecular formula is C16H20N2O2S. The number of aromatic nitrogens is 1. The summed E-state index contributed by atoms with van der Waals surface area (Å²) >= 11 is 1.91. The van der Waals surface area contributed by atoms with Crippen LogP contribution in [0.15, 0.2) is 18.5 Å². The predicted octanol–water partition coefficient (Wildman–Crippen LogP) is 1.78. The second-order valence-corrected chi connectivity index (χ2v) is 7.37. The minimum atomic E-state index is -0.198. The Bertz CT molecular complexity index is 575. The first-order valence-electron chi connectivity index (χ1n) is 7.00. The summed E-state index contributed by atoms with van der Waals surface area (Å²) in [6.07, 6.45) is 4.16. The Hall–Kier alpha value is -1.51. The number of carbonyl (C=O) groups is 1. The van der Waals surface area contributed by atoms with E-state index in [1.165, 1.54) is 0 Å². The van der Waals surface area contributed by atoms with Crippen molar-refractivity contribution in [3.05, 3.63) is 29.6 Å². The van der Waals surface area contributed by atoms with Crippen molar-refractivity contribution in [2.24, 2.45) is 0 Å². The third-order valence-electron chi connectivity index (χ3n) is 3.42. The predicted molar refractivity (Wildman–Crippen MR) is 85.3 cm³/mol. The zero-order chi connectivity index (χ0) is 15.3. The van der Waals surface area contributed by atoms with Crippen LogP contribution in [0.25, 0.3) is 0 Å². The fraction of sp³-hybridized carbons (Fsp3) is 0.500. The van der Waals surface area contributed by atoms with E-state index >= 15 is 0 Å². The molecule has 1 fully saturated rings. The lowest BCUT2D eigenvalue weighted by Gasteiger charge is -2.22. The number of amides is 1. The summed E-state index contributed by atoms with van der Waals surface area (Å²) in [5.41, 5.74) is 1.21. The van der Waals surface area contributed by atoms with Gasteiger partial charge in [0.25, 0.3) is 5.91 Å². The van der Waals surface area contributed by atoms with Gasteiger partial charge in [-0.25, -0.2) is 0 Å². The third kappa shape index (κ3) is 4.48. The molecule has 1 amide bonds. The van der Waals surface area contributed by atoms with E-state index in [-0.39, 0.29) is 17.3 Å². The summed E-state index contributed by atoms with van der Waals surface area (Å²) < 4.78 is 0.224. The Kier molecular flexibility index (Phi) is 5.27. The number of aliphatic hydroxyl groups is 1. The number of hydrogen-bond donors (Lipinski definition) is 1. The zero-order valence-electron chi connectivity index (χ0n) is 12.4. The van der Waals surface area contributed by atoms with E-state index in [9.17, 15) is 4.79 Å². The highest BCUT2D eigenvalue weighted by atomic mass is 32.2. The molecule has 21 heavy (non-hydrogen) atoms. The normalized spacial score (nSPS) is 17.6. The summed E-state index contributed by atoms with van der Waals surface area (Å²) in [4.78, 5) is 18.5. The summed E-state index contributed by atoms with van der Waals surface area (Å²) in [6, 6.07) is 1.74. The lowest BCUT2D eigenvalue weighted by molar-refractivity contribution is 0.0764. The number of hydrogen-bond acceptors (Lipinski definition) is 4. The molecule has 0 radical (unpaired) electrons. The molecule has 0 saturated carbocycles. The van der Waals surface area contributed by atoms with Gasteiger partial charge in [0, 0.05) is 41.5 Å². The molecule has 4 nitrogen and oxygen atoms in total. The van der Waals surface area contributed by atoms with Gasteiger partial charge < -0.3 is 10.0 Å². The number of aliphatic hydroxyl groups excluding tert-OH is 1. The van der Waals surface area contributed by atoms with Crippen molar-refractivity contribution in [1.82, 2.24) is 9.88 Å². The molecule has 0 unspecified atom stereocenters. The number of nitrogens with zero attached hydrogens (tertiary/aromatic N) is 2. The molecule has 0 bridgehead atoms. The molecule has 1 aromatic heterocycles. The first-order chi connectivity index (χ1) is 10.0. The molecule has 5 heteroatoms. The highest BCUT2D eigenvalue weighted by Crippen LogP contribution is 2.31. The van der Waals surface area contributed by atoms with Crippen molar-refractivity contribution in [2.75, 3.05) is 25.4 Å². The molecule has 0 aliphatic carbocycles. The molecule has 0 atom stereocenters. The number of rotatable bonds is 1. The van der Waals surface area contributed by atoms with Gasteiger partial charge in [-0.2, -0.15) is 11.8 Å². The Morgan fingerprint density at radius 2 is 2.29 bits per heavy atom. The van der Waals surface area contributed by atoms with E-state index in [0.29, 0.717) is 11.1 Å². The first-order valence-corrected chi connectivity index (χ1v) is 7.98. The summed E-state index contributed by atoms with van der Waals surface area (Å²) in [7, 11) is 0. The van der Waals surface area contributed by atoms with Crippen molar-refractivity contribution in [1.29, 1.82) is 0 Å². The third-order valence-corrected chi connectivity index (χ3v) is 4.79. The molecule has 2 heterocycles. The maximum absolute atomic E-state index is 12.6. The van der Waals surface area contributed by atoms with Crippen LogP contribution in [0.2, 0.25) is 0 Å². The van der Waals surface area contributed by atoms with E-state index in [0.717, 1.165) is 25.3 Å². The Labute approximate surface area is 129 Å². The van der Waals surface area contributed by atoms with Crippen molar-refractivity contribution in [3.8, 4) is 11.8 Å². The Morgan fingerprint density at radius 3 is 3.05 bits per heavy atom. The second-order valence-electron chi connectivity index (χ2n) is 5.57. The van der Waals surface area contributed by atoms with Crippen molar-refractivity contribution < 1.29 is 9.90 Å². The molecular weight excluding hydrogens is 284 g/mol. The quantitative estimate of drug-likeness (QED) is 0.804. The maximum atomic E-state index is 12.6. The van der Waals surface area contributed by atoms with Gasteiger partial charge in [-0.05, 0) is 12.5 Å². The fourth-order valence-electron chi connectivity index (χ4n) is 2.17. The van der Waals surface area contributed by atoms with E-state index < -0.39 is 0 Å². The van der Waals surface area contributed by atoms with Crippen LogP contribution in [0.4, 0.5) is 0 Å². The van der Waals surface area contributed by atoms with Crippen LogP contribution >= 0.6 is 11.8 Å². The molecule has 1 N–H and O–H groups in total. The number of carbonyl (C=O) groups excluding carboxylic acids is 1. The van der Waals surface area contributed by atoms with Gasteiger partial charge >= 0.3 is 0 Å². The zero-order valence-corrected chi connectivity index (χ0v) is 13.2. The molecule has 2 rings (SSSR count). The van der Waals surface area contributed by atoms with Crippen LogP contribution in [0.1, 0.15) is 36.2 Å². The second kappa shape index (κ2) is 6.97. The highest BCUT2D eigenvalue weighted by Gasteiger charge is 2.26. The van der Waals surface area contributed by atoms with Crippen molar-refractivity contribution in [2.45, 2.75) is 25.0 Å². The van der Waals surface area contributed by atoms with Crippen molar-refractivity contribution >= 4 is 17.7 Å². The maximum Gasteiger partial charge on any atom is 0.255 e. The molecule has 1 aromatic rings. The van der Waals surface area contributed by atoms with Crippen LogP contribution in [0.3, 0.4) is 0 Å². The molecule has 0 spiro atoms. The van der Waals surface area contributed by atoms with Crippen LogP contribution in [0, 0.1) is 11.8 Å². The van der Waals surface area contributed by atoms with E-state index in [1.807, 2.05) is 16.7 Å². The molecule has 1 aliphatic heterocycles. The lowest BCUT2D eigenvalue weighted by Crippen LogP contribution is -2.33. The largest absolute Gasteiger partial charge is 0.384 e. The summed E-state index contributed by atoms with van der Waals surface area (Å²) in [5, 5.41) is 8.72. The molecule has 1 saturated heterocycles. The minimum absolute atomic E-state index is 0.00782. The van der Waals surface area contributed by atoms with Gasteiger partial charge in [0.05, 0.1) is 5.56 Å². The standard InChI is InChI=1S/C16H20N2O2S/c1-16(2)5-6-18(7-9-21-16)15(20)14-10-13(4-3-8-19)11-17-12-14/h10-12,19H,5-9H2,1-2H3. The highest BCUT2D eigenvalue weighted by molar-refractivity contribution is 8.00. The Morgan fingerprint density at radius 1 is 1.48 bits per heavy atom. The van der Waals surface area contributed by atoms with Crippen LogP contribution < -0.4 is 0 Å². The molecule has 1 aliphatic rings. The van der Waals surface area contributed by atoms with Crippen LogP contribution in [-0.4, -0.2) is 51.1 Å². The minimum Gasteiger partial charge on any atom is -0.384 e. The molecule has 112 valence electrons. The average molecular weight is 304 g/mol. The lowest BCUT2D eigenvalue weighted by atomic mass is 10.1. The first kappa shape index (κ1) is 15.9. The van der Waals surface area contributed by atoms with E-state index in [2.05, 4.69) is 30.7 Å². The SMILES string of the molecule is CC1(C)CCN(C(=O)c2cncc(C#CCO)c2)CCS1. The van der Waals surface area contributed by atoms with Gasteiger partial charge in [-0.15, -0.1) is 0 Å². The fourth-order valence-corrected chi connectivity index (χ4v) is 3.27. The summed E-state index contributed by atoms with van der Waals surface area (Å²) in [5.74, 6) is 6.31. The van der Waals surface area contributed by atoms with Gasteiger partial charge in [0.2, 0.25) is 0 Å². The topological polar surface area (TPSA) is 53.4 Å². The Balaban J connectivity index is 2.12. The van der Waals surface area contributed by atoms with E-state index in [4.69, 9.17) is 5.11 Å². The molecule has 0 aromatic carbocycles. The number of pyridine rings is 1. The van der Waals surface area contributed by atoms with Crippen molar-refractivity contribution in [3.63, 3.8) is 0 Å². The van der Waals surface area contributed by atoms with Crippen LogP contribution in [-0.2, 0) is 0 Å². The van der Waals surface area contributed by atoms with Crippen LogP contribution in [0.5, 0.6) is 0 Å². The van der Waals surface area contributed by atoms with Gasteiger partial charge in [0.1, 0.15) is 6.61 Å². The summed E-state index contributed by atoms with van der Waals surface area (Å²) in [6.45, 7) is 5.78. The van der Waals surface area contributed by atoms with Gasteiger partial charge in [-0.1, -0.05) is 25.7 Å². The monoisotopic (exact) mass is 304 g/mol. The van der Waals surface area contributed by atoms with Gasteiger partial charge in [0.15, 0.2) is 0 Å². The van der Waals surface area contributed by atoms with E-state index in [1.54, 1.807) is 18.5 Å². The average Bonchev–Trinajstić information content (AvgIpc) is 2.65. The smallest absolute Gasteiger partial charge is 0.255 e. The van der Waals surface area contributed by atoms with Gasteiger partial charge in [-0.3, -0.25) is 9.78 Å².